The van der Waals surface area contributed by atoms with Crippen molar-refractivity contribution in [3.63, 3.8) is 0 Å². The van der Waals surface area contributed by atoms with Crippen LogP contribution in [0.1, 0.15) is 101 Å². The van der Waals surface area contributed by atoms with Crippen LogP contribution >= 0.6 is 15.9 Å². The van der Waals surface area contributed by atoms with E-state index in [4.69, 9.17) is 5.14 Å². The molecule has 1 aromatic rings. The monoisotopic (exact) mass is 473 g/mol. The van der Waals surface area contributed by atoms with E-state index in [0.717, 1.165) is 29.3 Å². The number of aryl methyl sites for hydroxylation is 2. The molecule has 0 aromatic heterocycles. The molecular weight excluding hydrogens is 434 g/mol. The first-order valence-corrected chi connectivity index (χ1v) is 13.8. The normalized spacial score (nSPS) is 11.8. The van der Waals surface area contributed by atoms with Crippen LogP contribution < -0.4 is 5.14 Å². The number of primary sulfonamides is 1. The fraction of sp³-hybridized carbons (Fsp3) is 0.739. The van der Waals surface area contributed by atoms with Crippen LogP contribution in [0.15, 0.2) is 23.1 Å². The van der Waals surface area contributed by atoms with Crippen LogP contribution in [0.2, 0.25) is 0 Å². The number of nitrogens with two attached hydrogens (primary N) is 1. The third-order valence-electron chi connectivity index (χ3n) is 5.41. The maximum Gasteiger partial charge on any atom is 0.238 e. The lowest BCUT2D eigenvalue weighted by Gasteiger charge is -2.07. The van der Waals surface area contributed by atoms with Gasteiger partial charge < -0.3 is 0 Å². The summed E-state index contributed by atoms with van der Waals surface area (Å²) < 4.78 is 23.2. The number of hydrogen-bond donors (Lipinski definition) is 1. The summed E-state index contributed by atoms with van der Waals surface area (Å²) in [6.45, 7) is 1.79. The SMILES string of the molecule is Cc1ccc(CCCCCCCCCCCCCCCCBr)cc1S(N)(=O)=O. The largest absolute Gasteiger partial charge is 0.238 e. The van der Waals surface area contributed by atoms with Gasteiger partial charge >= 0.3 is 0 Å². The van der Waals surface area contributed by atoms with Gasteiger partial charge in [-0.15, -0.1) is 0 Å². The third kappa shape index (κ3) is 12.2. The number of hydrogen-bond acceptors (Lipinski definition) is 2. The summed E-state index contributed by atoms with van der Waals surface area (Å²) in [6.07, 6.45) is 19.7. The zero-order chi connectivity index (χ0) is 20.7. The molecule has 0 aliphatic carbocycles. The first kappa shape index (κ1) is 25.6. The molecule has 5 heteroatoms. The van der Waals surface area contributed by atoms with Gasteiger partial charge in [-0.3, -0.25) is 0 Å². The van der Waals surface area contributed by atoms with Gasteiger partial charge in [0.1, 0.15) is 0 Å². The Hall–Kier alpha value is -0.390. The van der Waals surface area contributed by atoms with Crippen molar-refractivity contribution in [3.8, 4) is 0 Å². The molecule has 0 saturated carbocycles. The molecule has 0 bridgehead atoms. The molecule has 162 valence electrons. The van der Waals surface area contributed by atoms with E-state index in [2.05, 4.69) is 15.9 Å². The van der Waals surface area contributed by atoms with Crippen molar-refractivity contribution >= 4 is 26.0 Å². The van der Waals surface area contributed by atoms with Crippen LogP contribution in [-0.4, -0.2) is 13.7 Å². The lowest BCUT2D eigenvalue weighted by molar-refractivity contribution is 0.536. The van der Waals surface area contributed by atoms with E-state index in [0.29, 0.717) is 0 Å². The van der Waals surface area contributed by atoms with Crippen LogP contribution in [0.3, 0.4) is 0 Å². The van der Waals surface area contributed by atoms with Gasteiger partial charge in [0.15, 0.2) is 0 Å². The number of benzene rings is 1. The van der Waals surface area contributed by atoms with Crippen molar-refractivity contribution in [2.45, 2.75) is 108 Å². The fourth-order valence-electron chi connectivity index (χ4n) is 3.65. The van der Waals surface area contributed by atoms with Crippen molar-refractivity contribution in [1.82, 2.24) is 0 Å². The van der Waals surface area contributed by atoms with E-state index in [1.807, 2.05) is 12.1 Å². The number of unbranched alkanes of at least 4 members (excludes halogenated alkanes) is 13. The molecule has 0 unspecified atom stereocenters. The lowest BCUT2D eigenvalue weighted by atomic mass is 10.0. The van der Waals surface area contributed by atoms with Crippen LogP contribution in [0.4, 0.5) is 0 Å². The second kappa shape index (κ2) is 15.4. The summed E-state index contributed by atoms with van der Waals surface area (Å²) in [6, 6.07) is 5.62. The molecule has 1 rings (SSSR count). The quantitative estimate of drug-likeness (QED) is 0.194. The smallest absolute Gasteiger partial charge is 0.225 e. The summed E-state index contributed by atoms with van der Waals surface area (Å²) in [5, 5.41) is 6.43. The Morgan fingerprint density at radius 3 is 1.61 bits per heavy atom. The molecule has 0 aliphatic heterocycles. The summed E-state index contributed by atoms with van der Waals surface area (Å²) in [5.74, 6) is 0. The molecule has 0 radical (unpaired) electrons. The molecule has 3 nitrogen and oxygen atoms in total. The Balaban J connectivity index is 1.97. The molecule has 0 spiro atoms. The van der Waals surface area contributed by atoms with Crippen molar-refractivity contribution < 1.29 is 8.42 Å². The number of rotatable bonds is 17. The Morgan fingerprint density at radius 2 is 1.18 bits per heavy atom. The van der Waals surface area contributed by atoms with E-state index >= 15 is 0 Å². The van der Waals surface area contributed by atoms with E-state index < -0.39 is 10.0 Å². The predicted octanol–water partition coefficient (Wildman–Crippen LogP) is 7.04. The molecule has 0 amide bonds. The van der Waals surface area contributed by atoms with Crippen molar-refractivity contribution in [2.75, 3.05) is 5.33 Å². The maximum absolute atomic E-state index is 11.6. The summed E-state index contributed by atoms with van der Waals surface area (Å²) >= 11 is 3.48. The number of sulfonamides is 1. The van der Waals surface area contributed by atoms with Crippen molar-refractivity contribution in [1.29, 1.82) is 0 Å². The lowest BCUT2D eigenvalue weighted by Crippen LogP contribution is -2.14. The highest BCUT2D eigenvalue weighted by molar-refractivity contribution is 9.09. The van der Waals surface area contributed by atoms with Gasteiger partial charge in [0, 0.05) is 5.33 Å². The molecule has 1 aromatic carbocycles. The highest BCUT2D eigenvalue weighted by Crippen LogP contribution is 2.18. The second-order valence-electron chi connectivity index (χ2n) is 8.03. The first-order valence-electron chi connectivity index (χ1n) is 11.1. The van der Waals surface area contributed by atoms with Gasteiger partial charge in [-0.2, -0.15) is 0 Å². The minimum absolute atomic E-state index is 0.268. The topological polar surface area (TPSA) is 60.2 Å². The Labute approximate surface area is 182 Å². The average Bonchev–Trinajstić information content (AvgIpc) is 2.65. The average molecular weight is 475 g/mol. The Bertz CT molecular complexity index is 631. The predicted molar refractivity (Wildman–Crippen MR) is 125 cm³/mol. The van der Waals surface area contributed by atoms with Crippen LogP contribution in [0, 0.1) is 6.92 Å². The molecule has 0 heterocycles. The molecule has 0 saturated heterocycles. The molecule has 0 atom stereocenters. The van der Waals surface area contributed by atoms with Gasteiger partial charge in [-0.1, -0.05) is 105 Å². The van der Waals surface area contributed by atoms with E-state index in [9.17, 15) is 8.42 Å². The molecule has 0 aliphatic rings. The summed E-state index contributed by atoms with van der Waals surface area (Å²) in [7, 11) is -3.62. The molecule has 2 N–H and O–H groups in total. The Kier molecular flexibility index (Phi) is 14.2. The molecule has 0 fully saturated rings. The van der Waals surface area contributed by atoms with Gasteiger partial charge in [0.2, 0.25) is 10.0 Å². The first-order chi connectivity index (χ1) is 13.4. The summed E-state index contributed by atoms with van der Waals surface area (Å²) in [4.78, 5) is 0.268. The van der Waals surface area contributed by atoms with E-state index in [1.165, 1.54) is 83.5 Å². The number of alkyl halides is 1. The van der Waals surface area contributed by atoms with Crippen molar-refractivity contribution in [3.05, 3.63) is 29.3 Å². The number of halogens is 1. The van der Waals surface area contributed by atoms with Gasteiger partial charge in [-0.25, -0.2) is 13.6 Å². The molecule has 28 heavy (non-hydrogen) atoms. The summed E-state index contributed by atoms with van der Waals surface area (Å²) in [5.41, 5.74) is 1.79. The van der Waals surface area contributed by atoms with Gasteiger partial charge in [-0.05, 0) is 43.4 Å². The Morgan fingerprint density at radius 1 is 0.750 bits per heavy atom. The second-order valence-corrected chi connectivity index (χ2v) is 10.4. The maximum atomic E-state index is 11.6. The van der Waals surface area contributed by atoms with Crippen LogP contribution in [-0.2, 0) is 16.4 Å². The van der Waals surface area contributed by atoms with Crippen LogP contribution in [0.5, 0.6) is 0 Å². The van der Waals surface area contributed by atoms with E-state index in [-0.39, 0.29) is 4.90 Å². The van der Waals surface area contributed by atoms with Gasteiger partial charge in [0.05, 0.1) is 4.90 Å². The third-order valence-corrected chi connectivity index (χ3v) is 7.02. The zero-order valence-corrected chi connectivity index (χ0v) is 20.1. The minimum atomic E-state index is -3.62. The molecular formula is C23H40BrNO2S. The minimum Gasteiger partial charge on any atom is -0.225 e. The zero-order valence-electron chi connectivity index (χ0n) is 17.7. The fourth-order valence-corrected chi connectivity index (χ4v) is 4.88. The highest BCUT2D eigenvalue weighted by atomic mass is 79.9. The van der Waals surface area contributed by atoms with Crippen molar-refractivity contribution in [2.24, 2.45) is 5.14 Å². The van der Waals surface area contributed by atoms with Gasteiger partial charge in [0.25, 0.3) is 0 Å². The van der Waals surface area contributed by atoms with Crippen LogP contribution in [0.25, 0.3) is 0 Å². The highest BCUT2D eigenvalue weighted by Gasteiger charge is 2.11. The standard InChI is InChI=1S/C23H40BrNO2S/c1-21-17-18-22(20-23(21)28(25,26)27)16-14-12-10-8-6-4-2-3-5-7-9-11-13-15-19-24/h17-18,20H,2-16,19H2,1H3,(H2,25,26,27). The van der Waals surface area contributed by atoms with E-state index in [1.54, 1.807) is 13.0 Å².